The van der Waals surface area contributed by atoms with Crippen LogP contribution in [0.25, 0.3) is 0 Å². The van der Waals surface area contributed by atoms with Crippen LogP contribution in [-0.4, -0.2) is 27.0 Å². The number of hydrogen-bond acceptors (Lipinski definition) is 5. The Balaban J connectivity index is 1.64. The minimum atomic E-state index is -0.998. The molecule has 3 N–H and O–H groups in total. The molecule has 2 heterocycles. The zero-order valence-electron chi connectivity index (χ0n) is 17.3. The van der Waals surface area contributed by atoms with E-state index >= 15 is 0 Å². The molecule has 1 aromatic carbocycles. The molecule has 28 heavy (non-hydrogen) atoms. The maximum absolute atomic E-state index is 10.8. The molecule has 0 saturated heterocycles. The van der Waals surface area contributed by atoms with E-state index in [1.54, 1.807) is 6.07 Å². The lowest BCUT2D eigenvalue weighted by Crippen LogP contribution is -2.66. The third kappa shape index (κ3) is 2.08. The van der Waals surface area contributed by atoms with Gasteiger partial charge in [0.15, 0.2) is 6.29 Å². The number of aromatic hydroxyl groups is 1. The summed E-state index contributed by atoms with van der Waals surface area (Å²) in [4.78, 5) is 0. The summed E-state index contributed by atoms with van der Waals surface area (Å²) in [6.45, 7) is 9.33. The lowest BCUT2D eigenvalue weighted by atomic mass is 9.43. The van der Waals surface area contributed by atoms with Crippen LogP contribution in [0.15, 0.2) is 6.07 Å². The maximum Gasteiger partial charge on any atom is 0.182 e. The van der Waals surface area contributed by atoms with Gasteiger partial charge in [0.25, 0.3) is 0 Å². The highest BCUT2D eigenvalue weighted by Gasteiger charge is 2.67. The number of phenolic OH excluding ortho intramolecular Hbond substituents is 1. The van der Waals surface area contributed by atoms with E-state index in [-0.39, 0.29) is 22.7 Å². The molecule has 5 rings (SSSR count). The molecule has 154 valence electrons. The predicted octanol–water partition coefficient (Wildman–Crippen LogP) is 3.82. The van der Waals surface area contributed by atoms with Crippen LogP contribution < -0.4 is 4.74 Å². The Bertz CT molecular complexity index is 833. The summed E-state index contributed by atoms with van der Waals surface area (Å²) < 4.78 is 12.3. The van der Waals surface area contributed by atoms with E-state index < -0.39 is 11.9 Å². The van der Waals surface area contributed by atoms with Gasteiger partial charge in [-0.1, -0.05) is 27.7 Å². The second-order valence-electron chi connectivity index (χ2n) is 10.4. The van der Waals surface area contributed by atoms with Crippen LogP contribution in [0.3, 0.4) is 0 Å². The van der Waals surface area contributed by atoms with Crippen molar-refractivity contribution in [2.24, 2.45) is 22.7 Å². The van der Waals surface area contributed by atoms with Gasteiger partial charge in [0, 0.05) is 28.5 Å². The van der Waals surface area contributed by atoms with Crippen LogP contribution in [0.1, 0.15) is 76.4 Å². The Hall–Kier alpha value is -1.30. The Labute approximate surface area is 166 Å². The van der Waals surface area contributed by atoms with Crippen LogP contribution in [0.2, 0.25) is 0 Å². The van der Waals surface area contributed by atoms with Gasteiger partial charge in [-0.3, -0.25) is 0 Å². The van der Waals surface area contributed by atoms with Crippen LogP contribution in [0.5, 0.6) is 11.5 Å². The van der Waals surface area contributed by atoms with E-state index in [2.05, 4.69) is 27.7 Å². The number of hydrogen-bond donors (Lipinski definition) is 3. The second-order valence-corrected chi connectivity index (χ2v) is 10.4. The number of ether oxygens (including phenoxy) is 2. The molecule has 2 fully saturated rings. The van der Waals surface area contributed by atoms with Gasteiger partial charge in [-0.2, -0.15) is 0 Å². The SMILES string of the molecule is CC1CCC2C(C)(C)C(O)CCC2(C)C12Cc1c(O)cc3c(c1O2)COC3O. The van der Waals surface area contributed by atoms with Gasteiger partial charge in [-0.05, 0) is 49.0 Å². The van der Waals surface area contributed by atoms with Crippen LogP contribution in [0.4, 0.5) is 0 Å². The van der Waals surface area contributed by atoms with Crippen molar-refractivity contribution in [2.45, 2.75) is 84.4 Å². The van der Waals surface area contributed by atoms with Crippen molar-refractivity contribution in [3.05, 3.63) is 22.8 Å². The number of phenols is 1. The van der Waals surface area contributed by atoms with E-state index in [0.717, 1.165) is 42.6 Å². The molecule has 5 nitrogen and oxygen atoms in total. The van der Waals surface area contributed by atoms with Crippen molar-refractivity contribution in [2.75, 3.05) is 0 Å². The van der Waals surface area contributed by atoms with Crippen molar-refractivity contribution in [3.63, 3.8) is 0 Å². The van der Waals surface area contributed by atoms with Gasteiger partial charge >= 0.3 is 0 Å². The summed E-state index contributed by atoms with van der Waals surface area (Å²) in [6, 6.07) is 1.65. The Morgan fingerprint density at radius 1 is 1.07 bits per heavy atom. The van der Waals surface area contributed by atoms with Gasteiger partial charge in [0.2, 0.25) is 0 Å². The molecule has 5 heteroatoms. The average molecular weight is 389 g/mol. The number of aliphatic hydroxyl groups is 2. The quantitative estimate of drug-likeness (QED) is 0.630. The van der Waals surface area contributed by atoms with Crippen molar-refractivity contribution in [1.29, 1.82) is 0 Å². The fourth-order valence-electron chi connectivity index (χ4n) is 7.19. The Kier molecular flexibility index (Phi) is 3.77. The molecule has 2 aliphatic heterocycles. The first-order chi connectivity index (χ1) is 13.1. The van der Waals surface area contributed by atoms with Crippen molar-refractivity contribution < 1.29 is 24.8 Å². The third-order valence-corrected chi connectivity index (χ3v) is 8.99. The van der Waals surface area contributed by atoms with Gasteiger partial charge in [0.1, 0.15) is 17.1 Å². The molecule has 4 aliphatic rings. The van der Waals surface area contributed by atoms with Crippen molar-refractivity contribution in [3.8, 4) is 11.5 Å². The number of rotatable bonds is 0. The molecule has 1 spiro atoms. The molecule has 0 radical (unpaired) electrons. The lowest BCUT2D eigenvalue weighted by Gasteiger charge is -2.64. The van der Waals surface area contributed by atoms with E-state index in [4.69, 9.17) is 9.47 Å². The first kappa shape index (κ1) is 18.7. The van der Waals surface area contributed by atoms with Crippen molar-refractivity contribution >= 4 is 0 Å². The van der Waals surface area contributed by atoms with Gasteiger partial charge in [-0.15, -0.1) is 0 Å². The fraction of sp³-hybridized carbons (Fsp3) is 0.739. The third-order valence-electron chi connectivity index (χ3n) is 8.99. The van der Waals surface area contributed by atoms with Crippen LogP contribution in [0, 0.1) is 22.7 Å². The molecule has 1 aromatic rings. The van der Waals surface area contributed by atoms with Crippen LogP contribution in [-0.2, 0) is 17.8 Å². The summed E-state index contributed by atoms with van der Waals surface area (Å²) in [5, 5.41) is 31.6. The van der Waals surface area contributed by atoms with E-state index in [9.17, 15) is 15.3 Å². The molecular weight excluding hydrogens is 356 g/mol. The zero-order chi connectivity index (χ0) is 20.1. The molecule has 0 amide bonds. The van der Waals surface area contributed by atoms with E-state index in [0.29, 0.717) is 30.4 Å². The highest BCUT2D eigenvalue weighted by Crippen LogP contribution is 2.67. The molecule has 2 saturated carbocycles. The highest BCUT2D eigenvalue weighted by atomic mass is 16.6. The summed E-state index contributed by atoms with van der Waals surface area (Å²) in [6.07, 6.45) is 3.23. The molecule has 2 aliphatic carbocycles. The second kappa shape index (κ2) is 5.65. The van der Waals surface area contributed by atoms with Crippen LogP contribution >= 0.6 is 0 Å². The molecule has 6 unspecified atom stereocenters. The molecule has 6 atom stereocenters. The first-order valence-electron chi connectivity index (χ1n) is 10.7. The summed E-state index contributed by atoms with van der Waals surface area (Å²) in [7, 11) is 0. The maximum atomic E-state index is 10.8. The monoisotopic (exact) mass is 388 g/mol. The average Bonchev–Trinajstić information content (AvgIpc) is 3.20. The highest BCUT2D eigenvalue weighted by molar-refractivity contribution is 5.58. The standard InChI is InChI=1S/C23H32O5/c1-12-5-6-17-21(2,3)18(25)7-8-22(17,4)23(12)10-14-16(24)9-13-15(19(14)28-23)11-27-20(13)26/h9,12,17-18,20,24-26H,5-8,10-11H2,1-4H3. The Morgan fingerprint density at radius 2 is 1.82 bits per heavy atom. The van der Waals surface area contributed by atoms with Crippen molar-refractivity contribution in [1.82, 2.24) is 0 Å². The van der Waals surface area contributed by atoms with E-state index in [1.165, 1.54) is 0 Å². The Morgan fingerprint density at radius 3 is 2.57 bits per heavy atom. The first-order valence-corrected chi connectivity index (χ1v) is 10.7. The normalized spacial score (nSPS) is 43.4. The largest absolute Gasteiger partial charge is 0.508 e. The smallest absolute Gasteiger partial charge is 0.182 e. The summed E-state index contributed by atoms with van der Waals surface area (Å²) >= 11 is 0. The topological polar surface area (TPSA) is 79.2 Å². The summed E-state index contributed by atoms with van der Waals surface area (Å²) in [5.74, 6) is 1.62. The molecule has 0 bridgehead atoms. The van der Waals surface area contributed by atoms with Gasteiger partial charge < -0.3 is 24.8 Å². The number of aliphatic hydroxyl groups excluding tert-OH is 2. The van der Waals surface area contributed by atoms with E-state index in [1.807, 2.05) is 0 Å². The zero-order valence-corrected chi connectivity index (χ0v) is 17.3. The number of fused-ring (bicyclic) bond motifs is 5. The van der Waals surface area contributed by atoms with Gasteiger partial charge in [-0.25, -0.2) is 0 Å². The lowest BCUT2D eigenvalue weighted by molar-refractivity contribution is -0.210. The number of benzene rings is 1. The predicted molar refractivity (Wildman–Crippen MR) is 104 cm³/mol. The minimum Gasteiger partial charge on any atom is -0.508 e. The molecule has 0 aromatic heterocycles. The summed E-state index contributed by atoms with van der Waals surface area (Å²) in [5.41, 5.74) is 1.69. The fourth-order valence-corrected chi connectivity index (χ4v) is 7.19. The molecular formula is C23H32O5. The van der Waals surface area contributed by atoms with Gasteiger partial charge in [0.05, 0.1) is 12.7 Å². The minimum absolute atomic E-state index is 0.0934.